The van der Waals surface area contributed by atoms with Crippen LogP contribution in [0.25, 0.3) is 0 Å². The fourth-order valence-corrected chi connectivity index (χ4v) is 3.65. The Morgan fingerprint density at radius 2 is 1.67 bits per heavy atom. The number of hydrogen-bond donors (Lipinski definition) is 2. The average Bonchev–Trinajstić information content (AvgIpc) is 3.23. The Balaban J connectivity index is 1.43. The maximum atomic E-state index is 12.7. The third-order valence-electron chi connectivity index (χ3n) is 5.16. The van der Waals surface area contributed by atoms with Gasteiger partial charge in [0.15, 0.2) is 0 Å². The number of aromatic nitrogens is 1. The number of anilines is 1. The highest BCUT2D eigenvalue weighted by Gasteiger charge is 2.22. The number of rotatable bonds is 6. The van der Waals surface area contributed by atoms with Crippen LogP contribution in [0.15, 0.2) is 79.1 Å². The summed E-state index contributed by atoms with van der Waals surface area (Å²) in [5.74, 6) is 0.119. The minimum Gasteiger partial charge on any atom is -0.334 e. The summed E-state index contributed by atoms with van der Waals surface area (Å²) >= 11 is 0. The molecule has 2 aromatic carbocycles. The molecule has 6 nitrogen and oxygen atoms in total. The molecule has 30 heavy (non-hydrogen) atoms. The van der Waals surface area contributed by atoms with E-state index < -0.39 is 0 Å². The molecule has 0 spiro atoms. The topological polar surface area (TPSA) is 74.3 Å². The van der Waals surface area contributed by atoms with E-state index in [1.54, 1.807) is 17.3 Å². The average molecular weight is 400 g/mol. The second-order valence-electron chi connectivity index (χ2n) is 7.28. The number of carbonyl (C=O) groups excluding carboxylic acids is 2. The molecule has 3 aromatic rings. The van der Waals surface area contributed by atoms with Crippen LogP contribution in [-0.2, 0) is 11.3 Å². The SMILES string of the molecule is O=C(NCc1cncc(N2CCCC2=O)c1)NC(c1ccccc1)c1ccccc1. The summed E-state index contributed by atoms with van der Waals surface area (Å²) in [5.41, 5.74) is 3.65. The number of urea groups is 1. The van der Waals surface area contributed by atoms with Gasteiger partial charge in [0.2, 0.25) is 5.91 Å². The van der Waals surface area contributed by atoms with Crippen molar-refractivity contribution in [2.75, 3.05) is 11.4 Å². The third-order valence-corrected chi connectivity index (χ3v) is 5.16. The van der Waals surface area contributed by atoms with Crippen LogP contribution in [0, 0.1) is 0 Å². The summed E-state index contributed by atoms with van der Waals surface area (Å²) in [5, 5.41) is 5.97. The predicted octanol–water partition coefficient (Wildman–Crippen LogP) is 3.80. The number of hydrogen-bond acceptors (Lipinski definition) is 3. The molecule has 1 aliphatic heterocycles. The van der Waals surface area contributed by atoms with Crippen LogP contribution in [0.5, 0.6) is 0 Å². The van der Waals surface area contributed by atoms with Gasteiger partial charge in [-0.15, -0.1) is 0 Å². The van der Waals surface area contributed by atoms with Crippen molar-refractivity contribution in [3.63, 3.8) is 0 Å². The zero-order valence-corrected chi connectivity index (χ0v) is 16.6. The molecule has 1 aromatic heterocycles. The first-order valence-electron chi connectivity index (χ1n) is 10.1. The highest BCUT2D eigenvalue weighted by atomic mass is 16.2. The lowest BCUT2D eigenvalue weighted by Gasteiger charge is -2.20. The lowest BCUT2D eigenvalue weighted by Crippen LogP contribution is -2.38. The lowest BCUT2D eigenvalue weighted by atomic mass is 9.99. The van der Waals surface area contributed by atoms with Gasteiger partial charge in [0.1, 0.15) is 0 Å². The van der Waals surface area contributed by atoms with Crippen molar-refractivity contribution in [2.24, 2.45) is 0 Å². The second kappa shape index (κ2) is 9.22. The van der Waals surface area contributed by atoms with E-state index in [-0.39, 0.29) is 18.0 Å². The summed E-state index contributed by atoms with van der Waals surface area (Å²) in [4.78, 5) is 30.6. The zero-order valence-electron chi connectivity index (χ0n) is 16.6. The third kappa shape index (κ3) is 4.66. The number of nitrogens with zero attached hydrogens (tertiary/aromatic N) is 2. The van der Waals surface area contributed by atoms with Gasteiger partial charge >= 0.3 is 6.03 Å². The summed E-state index contributed by atoms with van der Waals surface area (Å²) in [7, 11) is 0. The first kappa shape index (κ1) is 19.6. The molecule has 0 unspecified atom stereocenters. The maximum absolute atomic E-state index is 12.7. The predicted molar refractivity (Wildman–Crippen MR) is 116 cm³/mol. The van der Waals surface area contributed by atoms with Crippen molar-refractivity contribution >= 4 is 17.6 Å². The molecular formula is C24H24N4O2. The largest absolute Gasteiger partial charge is 0.334 e. The monoisotopic (exact) mass is 400 g/mol. The summed E-state index contributed by atoms with van der Waals surface area (Å²) in [6, 6.07) is 21.1. The van der Waals surface area contributed by atoms with Gasteiger partial charge in [0.05, 0.1) is 17.9 Å². The van der Waals surface area contributed by atoms with Crippen LogP contribution in [-0.4, -0.2) is 23.5 Å². The van der Waals surface area contributed by atoms with Crippen LogP contribution >= 0.6 is 0 Å². The second-order valence-corrected chi connectivity index (χ2v) is 7.28. The molecule has 0 saturated carbocycles. The van der Waals surface area contributed by atoms with E-state index >= 15 is 0 Å². The molecule has 4 rings (SSSR count). The molecule has 152 valence electrons. The highest BCUT2D eigenvalue weighted by molar-refractivity contribution is 5.95. The van der Waals surface area contributed by atoms with E-state index in [2.05, 4.69) is 15.6 Å². The smallest absolute Gasteiger partial charge is 0.315 e. The van der Waals surface area contributed by atoms with Crippen LogP contribution in [0.2, 0.25) is 0 Å². The highest BCUT2D eigenvalue weighted by Crippen LogP contribution is 2.22. The Labute approximate surface area is 175 Å². The molecule has 1 aliphatic rings. The first-order chi connectivity index (χ1) is 14.7. The van der Waals surface area contributed by atoms with Gasteiger partial charge in [0.25, 0.3) is 0 Å². The van der Waals surface area contributed by atoms with Gasteiger partial charge in [-0.05, 0) is 29.2 Å². The van der Waals surface area contributed by atoms with Crippen LogP contribution in [0.1, 0.15) is 35.6 Å². The Hall–Kier alpha value is -3.67. The van der Waals surface area contributed by atoms with Gasteiger partial charge in [0, 0.05) is 25.7 Å². The summed E-state index contributed by atoms with van der Waals surface area (Å²) in [6.45, 7) is 1.04. The molecule has 0 aliphatic carbocycles. The summed E-state index contributed by atoms with van der Waals surface area (Å²) < 4.78 is 0. The molecule has 0 atom stereocenters. The number of nitrogens with one attached hydrogen (secondary N) is 2. The fourth-order valence-electron chi connectivity index (χ4n) is 3.65. The number of amides is 3. The number of benzene rings is 2. The molecular weight excluding hydrogens is 376 g/mol. The molecule has 6 heteroatoms. The van der Waals surface area contributed by atoms with Gasteiger partial charge in [-0.25, -0.2) is 4.79 Å². The van der Waals surface area contributed by atoms with Crippen LogP contribution in [0.4, 0.5) is 10.5 Å². The first-order valence-corrected chi connectivity index (χ1v) is 10.1. The van der Waals surface area contributed by atoms with E-state index in [1.807, 2.05) is 66.7 Å². The van der Waals surface area contributed by atoms with E-state index in [9.17, 15) is 9.59 Å². The van der Waals surface area contributed by atoms with Crippen LogP contribution < -0.4 is 15.5 Å². The van der Waals surface area contributed by atoms with Crippen molar-refractivity contribution in [1.29, 1.82) is 0 Å². The van der Waals surface area contributed by atoms with Gasteiger partial charge in [-0.3, -0.25) is 9.78 Å². The molecule has 1 fully saturated rings. The van der Waals surface area contributed by atoms with Gasteiger partial charge in [-0.2, -0.15) is 0 Å². The van der Waals surface area contributed by atoms with E-state index in [1.165, 1.54) is 0 Å². The van der Waals surface area contributed by atoms with Crippen LogP contribution in [0.3, 0.4) is 0 Å². The quantitative estimate of drug-likeness (QED) is 0.661. The molecule has 3 amide bonds. The molecule has 2 N–H and O–H groups in total. The van der Waals surface area contributed by atoms with Crippen molar-refractivity contribution < 1.29 is 9.59 Å². The standard InChI is InChI=1S/C24H24N4O2/c29-22-12-7-13-28(22)21-14-18(15-25-17-21)16-26-24(30)27-23(19-8-3-1-4-9-19)20-10-5-2-6-11-20/h1-6,8-11,14-15,17,23H,7,12-13,16H2,(H2,26,27,30). The number of carbonyl (C=O) groups is 2. The Bertz CT molecular complexity index is 968. The lowest BCUT2D eigenvalue weighted by molar-refractivity contribution is -0.117. The Morgan fingerprint density at radius 3 is 2.27 bits per heavy atom. The van der Waals surface area contributed by atoms with E-state index in [0.717, 1.165) is 28.8 Å². The van der Waals surface area contributed by atoms with E-state index in [4.69, 9.17) is 0 Å². The molecule has 2 heterocycles. The van der Waals surface area contributed by atoms with Gasteiger partial charge in [-0.1, -0.05) is 60.7 Å². The molecule has 0 radical (unpaired) electrons. The van der Waals surface area contributed by atoms with Crippen molar-refractivity contribution in [3.8, 4) is 0 Å². The van der Waals surface area contributed by atoms with Crippen molar-refractivity contribution in [2.45, 2.75) is 25.4 Å². The normalized spacial score (nSPS) is 13.5. The fraction of sp³-hybridized carbons (Fsp3) is 0.208. The minimum absolute atomic E-state index is 0.119. The van der Waals surface area contributed by atoms with Crippen molar-refractivity contribution in [1.82, 2.24) is 15.6 Å². The number of pyridine rings is 1. The van der Waals surface area contributed by atoms with Gasteiger partial charge < -0.3 is 15.5 Å². The maximum Gasteiger partial charge on any atom is 0.315 e. The zero-order chi connectivity index (χ0) is 20.8. The molecule has 1 saturated heterocycles. The Morgan fingerprint density at radius 1 is 1.00 bits per heavy atom. The van der Waals surface area contributed by atoms with E-state index in [0.29, 0.717) is 19.5 Å². The minimum atomic E-state index is -0.268. The summed E-state index contributed by atoms with van der Waals surface area (Å²) in [6.07, 6.45) is 4.83. The molecule has 0 bridgehead atoms. The Kier molecular flexibility index (Phi) is 6.03. The van der Waals surface area contributed by atoms with Crippen molar-refractivity contribution in [3.05, 3.63) is 95.8 Å².